The number of nitrogens with zero attached hydrogens (tertiary/aromatic N) is 1. The summed E-state index contributed by atoms with van der Waals surface area (Å²) in [5.74, 6) is 0.154. The lowest BCUT2D eigenvalue weighted by atomic mass is 10.1. The molecule has 116 valence electrons. The highest BCUT2D eigenvalue weighted by molar-refractivity contribution is 5.75. The maximum absolute atomic E-state index is 12.0. The Morgan fingerprint density at radius 3 is 2.57 bits per heavy atom. The standard InChI is InChI=1S/C16H25N3O2/c1-13-8-5-6-9-14(13)12-19(2)15(20)10-4-3-7-11-18-16(17)21/h5-6,8-9H,3-4,7,10-12H2,1-2H3,(H3,17,18,21). The summed E-state index contributed by atoms with van der Waals surface area (Å²) in [6.45, 7) is 3.27. The number of nitrogens with two attached hydrogens (primary N) is 1. The molecule has 0 saturated carbocycles. The van der Waals surface area contributed by atoms with Gasteiger partial charge in [0.15, 0.2) is 0 Å². The van der Waals surface area contributed by atoms with Crippen molar-refractivity contribution in [1.82, 2.24) is 10.2 Å². The minimum absolute atomic E-state index is 0.154. The van der Waals surface area contributed by atoms with Crippen molar-refractivity contribution in [3.63, 3.8) is 0 Å². The number of hydrogen-bond donors (Lipinski definition) is 2. The summed E-state index contributed by atoms with van der Waals surface area (Å²) < 4.78 is 0. The quantitative estimate of drug-likeness (QED) is 0.720. The van der Waals surface area contributed by atoms with E-state index in [0.29, 0.717) is 19.5 Å². The van der Waals surface area contributed by atoms with Gasteiger partial charge in [0, 0.05) is 26.6 Å². The Morgan fingerprint density at radius 2 is 1.90 bits per heavy atom. The molecule has 0 aliphatic carbocycles. The fourth-order valence-electron chi connectivity index (χ4n) is 2.11. The van der Waals surface area contributed by atoms with Gasteiger partial charge in [-0.05, 0) is 30.9 Å². The van der Waals surface area contributed by atoms with E-state index < -0.39 is 6.03 Å². The average molecular weight is 291 g/mol. The number of urea groups is 1. The maximum atomic E-state index is 12.0. The molecule has 0 unspecified atom stereocenters. The van der Waals surface area contributed by atoms with E-state index in [9.17, 15) is 9.59 Å². The van der Waals surface area contributed by atoms with Crippen molar-refractivity contribution in [3.8, 4) is 0 Å². The van der Waals surface area contributed by atoms with E-state index in [1.807, 2.05) is 19.2 Å². The van der Waals surface area contributed by atoms with Crippen LogP contribution < -0.4 is 11.1 Å². The van der Waals surface area contributed by atoms with Crippen molar-refractivity contribution >= 4 is 11.9 Å². The van der Waals surface area contributed by atoms with Crippen LogP contribution in [-0.2, 0) is 11.3 Å². The van der Waals surface area contributed by atoms with Crippen LogP contribution in [0.15, 0.2) is 24.3 Å². The lowest BCUT2D eigenvalue weighted by molar-refractivity contribution is -0.130. The second-order valence-corrected chi connectivity index (χ2v) is 5.28. The monoisotopic (exact) mass is 291 g/mol. The van der Waals surface area contributed by atoms with Gasteiger partial charge in [-0.2, -0.15) is 0 Å². The van der Waals surface area contributed by atoms with E-state index in [2.05, 4.69) is 24.4 Å². The maximum Gasteiger partial charge on any atom is 0.312 e. The van der Waals surface area contributed by atoms with Gasteiger partial charge < -0.3 is 16.0 Å². The molecule has 0 radical (unpaired) electrons. The second kappa shape index (κ2) is 9.00. The highest BCUT2D eigenvalue weighted by Crippen LogP contribution is 2.11. The van der Waals surface area contributed by atoms with Crippen LogP contribution in [0.25, 0.3) is 0 Å². The number of benzene rings is 1. The van der Waals surface area contributed by atoms with Gasteiger partial charge in [-0.3, -0.25) is 4.79 Å². The van der Waals surface area contributed by atoms with Crippen molar-refractivity contribution < 1.29 is 9.59 Å². The number of carbonyl (C=O) groups excluding carboxylic acids is 2. The first-order chi connectivity index (χ1) is 10.0. The molecule has 3 amide bonds. The van der Waals surface area contributed by atoms with E-state index in [4.69, 9.17) is 5.73 Å². The van der Waals surface area contributed by atoms with Crippen LogP contribution in [-0.4, -0.2) is 30.4 Å². The molecule has 1 rings (SSSR count). The molecule has 5 nitrogen and oxygen atoms in total. The Kier molecular flexibility index (Phi) is 7.29. The minimum atomic E-state index is -0.496. The zero-order valence-corrected chi connectivity index (χ0v) is 12.9. The summed E-state index contributed by atoms with van der Waals surface area (Å²) >= 11 is 0. The van der Waals surface area contributed by atoms with Gasteiger partial charge in [0.05, 0.1) is 0 Å². The molecule has 0 aliphatic rings. The first-order valence-corrected chi connectivity index (χ1v) is 7.32. The predicted octanol–water partition coefficient (Wildman–Crippen LogP) is 2.18. The number of primary amides is 1. The fraction of sp³-hybridized carbons (Fsp3) is 0.500. The van der Waals surface area contributed by atoms with Gasteiger partial charge >= 0.3 is 6.03 Å². The molecular formula is C16H25N3O2. The normalized spacial score (nSPS) is 10.2. The second-order valence-electron chi connectivity index (χ2n) is 5.28. The highest BCUT2D eigenvalue weighted by atomic mass is 16.2. The van der Waals surface area contributed by atoms with Crippen molar-refractivity contribution in [2.45, 2.75) is 39.2 Å². The molecule has 0 aliphatic heterocycles. The molecule has 0 spiro atoms. The summed E-state index contributed by atoms with van der Waals surface area (Å²) in [7, 11) is 1.84. The van der Waals surface area contributed by atoms with Gasteiger partial charge in [0.2, 0.25) is 5.91 Å². The van der Waals surface area contributed by atoms with Gasteiger partial charge in [-0.1, -0.05) is 30.7 Å². The Bertz CT molecular complexity index is 474. The van der Waals surface area contributed by atoms with E-state index >= 15 is 0 Å². The van der Waals surface area contributed by atoms with E-state index in [0.717, 1.165) is 19.3 Å². The zero-order valence-electron chi connectivity index (χ0n) is 12.9. The Balaban J connectivity index is 2.23. The van der Waals surface area contributed by atoms with Gasteiger partial charge in [-0.15, -0.1) is 0 Å². The first-order valence-electron chi connectivity index (χ1n) is 7.32. The molecular weight excluding hydrogens is 266 g/mol. The number of carbonyl (C=O) groups is 2. The van der Waals surface area contributed by atoms with E-state index in [1.54, 1.807) is 4.90 Å². The molecule has 1 aromatic carbocycles. The Morgan fingerprint density at radius 1 is 1.19 bits per heavy atom. The number of nitrogens with one attached hydrogen (secondary N) is 1. The molecule has 1 aromatic rings. The van der Waals surface area contributed by atoms with Crippen LogP contribution in [0.2, 0.25) is 0 Å². The van der Waals surface area contributed by atoms with Crippen LogP contribution in [0.1, 0.15) is 36.8 Å². The largest absolute Gasteiger partial charge is 0.352 e. The summed E-state index contributed by atoms with van der Waals surface area (Å²) in [5, 5.41) is 2.54. The minimum Gasteiger partial charge on any atom is -0.352 e. The molecule has 0 saturated heterocycles. The van der Waals surface area contributed by atoms with Gasteiger partial charge in [0.1, 0.15) is 0 Å². The lowest BCUT2D eigenvalue weighted by Crippen LogP contribution is -2.30. The molecule has 0 fully saturated rings. The smallest absolute Gasteiger partial charge is 0.312 e. The number of amides is 3. The molecule has 21 heavy (non-hydrogen) atoms. The molecule has 3 N–H and O–H groups in total. The molecule has 0 heterocycles. The summed E-state index contributed by atoms with van der Waals surface area (Å²) in [4.78, 5) is 24.3. The molecule has 0 aromatic heterocycles. The summed E-state index contributed by atoms with van der Waals surface area (Å²) in [6.07, 6.45) is 3.12. The van der Waals surface area contributed by atoms with Crippen LogP contribution >= 0.6 is 0 Å². The highest BCUT2D eigenvalue weighted by Gasteiger charge is 2.09. The topological polar surface area (TPSA) is 75.4 Å². The molecule has 0 bridgehead atoms. The first kappa shape index (κ1) is 17.0. The number of unbranched alkanes of at least 4 members (excludes halogenated alkanes) is 2. The van der Waals surface area contributed by atoms with Crippen molar-refractivity contribution in [1.29, 1.82) is 0 Å². The number of rotatable bonds is 8. The average Bonchev–Trinajstić information content (AvgIpc) is 2.44. The van der Waals surface area contributed by atoms with Crippen molar-refractivity contribution in [3.05, 3.63) is 35.4 Å². The zero-order chi connectivity index (χ0) is 15.7. The SMILES string of the molecule is Cc1ccccc1CN(C)C(=O)CCCCCNC(N)=O. The third-order valence-corrected chi connectivity index (χ3v) is 3.46. The van der Waals surface area contributed by atoms with Crippen LogP contribution in [0.3, 0.4) is 0 Å². The number of hydrogen-bond acceptors (Lipinski definition) is 2. The number of aryl methyl sites for hydroxylation is 1. The van der Waals surface area contributed by atoms with Crippen molar-refractivity contribution in [2.75, 3.05) is 13.6 Å². The molecule has 0 atom stereocenters. The Hall–Kier alpha value is -2.04. The summed E-state index contributed by atoms with van der Waals surface area (Å²) in [5.41, 5.74) is 7.35. The third-order valence-electron chi connectivity index (χ3n) is 3.46. The van der Waals surface area contributed by atoms with Crippen LogP contribution in [0.4, 0.5) is 4.79 Å². The van der Waals surface area contributed by atoms with Crippen LogP contribution in [0.5, 0.6) is 0 Å². The van der Waals surface area contributed by atoms with Crippen molar-refractivity contribution in [2.24, 2.45) is 5.73 Å². The third kappa shape index (κ3) is 6.79. The van der Waals surface area contributed by atoms with E-state index in [-0.39, 0.29) is 5.91 Å². The lowest BCUT2D eigenvalue weighted by Gasteiger charge is -2.18. The van der Waals surface area contributed by atoms with Gasteiger partial charge in [-0.25, -0.2) is 4.79 Å². The van der Waals surface area contributed by atoms with Gasteiger partial charge in [0.25, 0.3) is 0 Å². The van der Waals surface area contributed by atoms with Crippen LogP contribution in [0, 0.1) is 6.92 Å². The van der Waals surface area contributed by atoms with E-state index in [1.165, 1.54) is 11.1 Å². The molecule has 5 heteroatoms. The Labute approximate surface area is 126 Å². The predicted molar refractivity (Wildman–Crippen MR) is 83.7 cm³/mol. The summed E-state index contributed by atoms with van der Waals surface area (Å²) in [6, 6.07) is 7.60. The fourth-order valence-corrected chi connectivity index (χ4v) is 2.11.